The number of methoxy groups -OCH3 is 1. The fraction of sp³-hybridized carbons (Fsp3) is 0.500. The maximum absolute atomic E-state index is 12.4. The number of unbranched alkanes of at least 4 members (excludes halogenated alkanes) is 1. The molecule has 168 valence electrons. The molecular formula is C26H35NO4. The van der Waals surface area contributed by atoms with E-state index in [4.69, 9.17) is 14.2 Å². The average molecular weight is 426 g/mol. The topological polar surface area (TPSA) is 48.0 Å². The number of rotatable bonds is 10. The Balaban J connectivity index is 1.81. The van der Waals surface area contributed by atoms with Gasteiger partial charge in [-0.2, -0.15) is 0 Å². The summed E-state index contributed by atoms with van der Waals surface area (Å²) in [5, 5.41) is 0. The van der Waals surface area contributed by atoms with Gasteiger partial charge in [0.1, 0.15) is 0 Å². The van der Waals surface area contributed by atoms with E-state index in [-0.39, 0.29) is 12.3 Å². The van der Waals surface area contributed by atoms with Gasteiger partial charge in [0.25, 0.3) is 0 Å². The smallest absolute Gasteiger partial charge is 0.338 e. The molecule has 0 saturated carbocycles. The summed E-state index contributed by atoms with van der Waals surface area (Å²) >= 11 is 0. The minimum atomic E-state index is -0.306. The lowest BCUT2D eigenvalue weighted by molar-refractivity contribution is -0.182. The summed E-state index contributed by atoms with van der Waals surface area (Å²) < 4.78 is 16.5. The molecular weight excluding hydrogens is 390 g/mol. The number of carbonyl (C=O) groups excluding carboxylic acids is 1. The zero-order chi connectivity index (χ0) is 22.1. The van der Waals surface area contributed by atoms with Crippen LogP contribution in [0.1, 0.15) is 54.1 Å². The highest BCUT2D eigenvalue weighted by Crippen LogP contribution is 2.29. The van der Waals surface area contributed by atoms with Gasteiger partial charge in [0.15, 0.2) is 6.29 Å². The first kappa shape index (κ1) is 23.5. The number of esters is 1. The fourth-order valence-corrected chi connectivity index (χ4v) is 3.98. The van der Waals surface area contributed by atoms with Crippen LogP contribution >= 0.6 is 0 Å². The molecule has 1 saturated heterocycles. The van der Waals surface area contributed by atoms with E-state index in [1.165, 1.54) is 12.7 Å². The predicted octanol–water partition coefficient (Wildman–Crippen LogP) is 5.20. The molecule has 31 heavy (non-hydrogen) atoms. The van der Waals surface area contributed by atoms with Gasteiger partial charge in [-0.05, 0) is 60.7 Å². The third-order valence-electron chi connectivity index (χ3n) is 5.74. The van der Waals surface area contributed by atoms with E-state index in [0.717, 1.165) is 75.2 Å². The van der Waals surface area contributed by atoms with Crippen LogP contribution in [-0.2, 0) is 20.8 Å². The molecule has 0 N–H and O–H groups in total. The van der Waals surface area contributed by atoms with Gasteiger partial charge >= 0.3 is 5.97 Å². The van der Waals surface area contributed by atoms with Crippen molar-refractivity contribution in [1.82, 2.24) is 4.90 Å². The Morgan fingerprint density at radius 2 is 1.87 bits per heavy atom. The van der Waals surface area contributed by atoms with Crippen LogP contribution in [0, 0.1) is 6.92 Å². The molecule has 0 amide bonds. The lowest BCUT2D eigenvalue weighted by atomic mass is 9.94. The van der Waals surface area contributed by atoms with Gasteiger partial charge in [0, 0.05) is 19.5 Å². The lowest BCUT2D eigenvalue weighted by Gasteiger charge is -2.27. The summed E-state index contributed by atoms with van der Waals surface area (Å²) in [6.07, 6.45) is 4.06. The number of carbonyl (C=O) groups is 1. The first-order valence-corrected chi connectivity index (χ1v) is 11.3. The van der Waals surface area contributed by atoms with Crippen molar-refractivity contribution in [1.29, 1.82) is 0 Å². The highest BCUT2D eigenvalue weighted by atomic mass is 16.7. The summed E-state index contributed by atoms with van der Waals surface area (Å²) in [5.74, 6) is -0.306. The third-order valence-corrected chi connectivity index (χ3v) is 5.74. The highest BCUT2D eigenvalue weighted by Gasteiger charge is 2.18. The quantitative estimate of drug-likeness (QED) is 0.490. The van der Waals surface area contributed by atoms with E-state index in [1.807, 2.05) is 24.3 Å². The second-order valence-electron chi connectivity index (χ2n) is 8.13. The molecule has 0 bridgehead atoms. The van der Waals surface area contributed by atoms with Crippen molar-refractivity contribution in [2.75, 3.05) is 33.4 Å². The number of hydrogen-bond acceptors (Lipinski definition) is 5. The predicted molar refractivity (Wildman–Crippen MR) is 123 cm³/mol. The van der Waals surface area contributed by atoms with Gasteiger partial charge in [-0.25, -0.2) is 4.79 Å². The van der Waals surface area contributed by atoms with Crippen LogP contribution in [-0.4, -0.2) is 50.6 Å². The van der Waals surface area contributed by atoms with Crippen LogP contribution in [0.5, 0.6) is 0 Å². The zero-order valence-electron chi connectivity index (χ0n) is 19.1. The van der Waals surface area contributed by atoms with E-state index < -0.39 is 0 Å². The molecule has 1 aliphatic heterocycles. The van der Waals surface area contributed by atoms with Crippen molar-refractivity contribution in [3.8, 4) is 11.1 Å². The number of ether oxygens (including phenoxy) is 3. The Bertz CT molecular complexity index is 845. The molecule has 3 rings (SSSR count). The van der Waals surface area contributed by atoms with Gasteiger partial charge in [0.05, 0.1) is 25.9 Å². The molecule has 0 spiro atoms. The summed E-state index contributed by atoms with van der Waals surface area (Å²) in [6.45, 7) is 8.63. The van der Waals surface area contributed by atoms with Gasteiger partial charge in [-0.15, -0.1) is 0 Å². The van der Waals surface area contributed by atoms with Crippen LogP contribution in [0.25, 0.3) is 11.1 Å². The molecule has 1 heterocycles. The molecule has 0 aromatic heterocycles. The number of benzene rings is 2. The van der Waals surface area contributed by atoms with E-state index in [1.54, 1.807) is 0 Å². The second-order valence-corrected chi connectivity index (χ2v) is 8.13. The summed E-state index contributed by atoms with van der Waals surface area (Å²) in [5.41, 5.74) is 4.92. The van der Waals surface area contributed by atoms with Gasteiger partial charge in [0.2, 0.25) is 0 Å². The van der Waals surface area contributed by atoms with Crippen LogP contribution in [0.2, 0.25) is 0 Å². The van der Waals surface area contributed by atoms with Crippen molar-refractivity contribution in [3.05, 3.63) is 59.2 Å². The molecule has 2 aromatic carbocycles. The van der Waals surface area contributed by atoms with Gasteiger partial charge in [-0.1, -0.05) is 43.7 Å². The monoisotopic (exact) mass is 425 g/mol. The first-order valence-electron chi connectivity index (χ1n) is 11.3. The maximum atomic E-state index is 12.4. The van der Waals surface area contributed by atoms with Crippen molar-refractivity contribution >= 4 is 5.97 Å². The highest BCUT2D eigenvalue weighted by molar-refractivity contribution is 5.97. The van der Waals surface area contributed by atoms with Crippen molar-refractivity contribution in [2.24, 2.45) is 0 Å². The van der Waals surface area contributed by atoms with E-state index in [2.05, 4.69) is 36.9 Å². The van der Waals surface area contributed by atoms with Crippen LogP contribution in [0.15, 0.2) is 42.5 Å². The Labute approximate surface area is 186 Å². The third kappa shape index (κ3) is 6.63. The van der Waals surface area contributed by atoms with E-state index in [0.29, 0.717) is 5.56 Å². The Morgan fingerprint density at radius 1 is 1.10 bits per heavy atom. The van der Waals surface area contributed by atoms with Gasteiger partial charge in [-0.3, -0.25) is 4.90 Å². The molecule has 1 aliphatic rings. The number of aryl methyl sites for hydroxylation is 1. The van der Waals surface area contributed by atoms with Crippen molar-refractivity contribution in [3.63, 3.8) is 0 Å². The molecule has 5 nitrogen and oxygen atoms in total. The largest absolute Gasteiger partial charge is 0.465 e. The molecule has 0 aliphatic carbocycles. The van der Waals surface area contributed by atoms with Crippen LogP contribution in [0.4, 0.5) is 0 Å². The standard InChI is InChI=1S/C26H35NO4/c1-4-5-14-27(15-13-25-30-16-8-17-31-25)19-21-11-12-23(26(28)29-3)24(18-21)22-10-7-6-9-20(22)2/h6-7,9-12,18,25H,4-5,8,13-17,19H2,1-3H3. The number of hydrogen-bond donors (Lipinski definition) is 0. The fourth-order valence-electron chi connectivity index (χ4n) is 3.98. The summed E-state index contributed by atoms with van der Waals surface area (Å²) in [6, 6.07) is 14.2. The Morgan fingerprint density at radius 3 is 2.58 bits per heavy atom. The molecule has 5 heteroatoms. The second kappa shape index (κ2) is 12.0. The lowest BCUT2D eigenvalue weighted by Crippen LogP contribution is -2.32. The first-order chi connectivity index (χ1) is 15.1. The SMILES string of the molecule is CCCCN(CCC1OCCCO1)Cc1ccc(C(=O)OC)c(-c2ccccc2C)c1. The molecule has 0 atom stereocenters. The normalized spacial score (nSPS) is 14.7. The zero-order valence-corrected chi connectivity index (χ0v) is 19.1. The van der Waals surface area contributed by atoms with Gasteiger partial charge < -0.3 is 14.2 Å². The molecule has 0 radical (unpaired) electrons. The summed E-state index contributed by atoms with van der Waals surface area (Å²) in [4.78, 5) is 14.9. The van der Waals surface area contributed by atoms with Crippen molar-refractivity contribution < 1.29 is 19.0 Å². The van der Waals surface area contributed by atoms with Crippen LogP contribution < -0.4 is 0 Å². The van der Waals surface area contributed by atoms with E-state index >= 15 is 0 Å². The average Bonchev–Trinajstić information content (AvgIpc) is 2.81. The molecule has 1 fully saturated rings. The summed E-state index contributed by atoms with van der Waals surface area (Å²) in [7, 11) is 1.43. The molecule has 0 unspecified atom stereocenters. The Kier molecular flexibility index (Phi) is 9.07. The minimum Gasteiger partial charge on any atom is -0.465 e. The van der Waals surface area contributed by atoms with Crippen LogP contribution in [0.3, 0.4) is 0 Å². The van der Waals surface area contributed by atoms with E-state index in [9.17, 15) is 4.79 Å². The Hall–Kier alpha value is -2.21. The molecule has 2 aromatic rings. The minimum absolute atomic E-state index is 0.0953. The van der Waals surface area contributed by atoms with Crippen molar-refractivity contribution in [2.45, 2.75) is 52.4 Å². The maximum Gasteiger partial charge on any atom is 0.338 e. The number of nitrogens with zero attached hydrogens (tertiary/aromatic N) is 1.